The number of rotatable bonds is 0. The average molecular weight is 954 g/mol. The van der Waals surface area contributed by atoms with E-state index >= 15 is 0 Å². The van der Waals surface area contributed by atoms with Crippen LogP contribution in [0.4, 0.5) is 69.1 Å². The highest BCUT2D eigenvalue weighted by atomic mass is 31.1. The minimum Gasteiger partial charge on any atom is -0.418 e. The Balaban J connectivity index is -0.000000112. The van der Waals surface area contributed by atoms with Crippen molar-refractivity contribution >= 4 is 52.8 Å². The first-order valence-corrected chi connectivity index (χ1v) is 23.0. The minimum atomic E-state index is -6.00. The molecule has 0 saturated heterocycles. The molecule has 0 aliphatic heterocycles. The molecule has 0 rings (SSSR count). The summed E-state index contributed by atoms with van der Waals surface area (Å²) in [6.45, 7) is 64.4. The summed E-state index contributed by atoms with van der Waals surface area (Å²) in [6, 6.07) is 0. The van der Waals surface area contributed by atoms with Gasteiger partial charge in [0, 0.05) is 0 Å². The van der Waals surface area contributed by atoms with E-state index in [2.05, 4.69) is 187 Å². The Bertz CT molecular complexity index is 810. The van der Waals surface area contributed by atoms with Gasteiger partial charge < -0.3 is 69.1 Å². The van der Waals surface area contributed by atoms with Crippen molar-refractivity contribution in [1.82, 2.24) is 0 Å². The van der Waals surface area contributed by atoms with Crippen molar-refractivity contribution in [2.45, 2.75) is 233 Å². The molecule has 0 nitrogen and oxygen atoms in total. The van der Waals surface area contributed by atoms with Crippen molar-refractivity contribution in [3.05, 3.63) is 0 Å². The van der Waals surface area contributed by atoms with Crippen LogP contribution in [0.25, 0.3) is 0 Å². The zero-order valence-electron chi connectivity index (χ0n) is 41.2. The SMILES string of the molecule is CC(C)(C)P(C(C)(C)C)C(C)(C)C.CC(C)(C)P(C(C)(C)C)C(C)(C)C.CC(C)(C)P(C(C)(C)C)C(C)(C)C.F[B-](F)(F)F.F[B-](F)(F)F.F[B-](F)(F)F.F[B-](F)(F)F. The largest absolute Gasteiger partial charge is 0.673 e. The van der Waals surface area contributed by atoms with Crippen molar-refractivity contribution in [3.8, 4) is 0 Å². The lowest BCUT2D eigenvalue weighted by molar-refractivity contribution is 0.366. The molecule has 0 aromatic heterocycles. The fourth-order valence-electron chi connectivity index (χ4n) is 9.06. The van der Waals surface area contributed by atoms with Gasteiger partial charge >= 0.3 is 29.0 Å². The van der Waals surface area contributed by atoms with Gasteiger partial charge in [-0.3, -0.25) is 0 Å². The lowest BCUT2D eigenvalue weighted by Crippen LogP contribution is -2.34. The Hall–Kier alpha value is 0.430. The fourth-order valence-corrected chi connectivity index (χ4v) is 27.2. The van der Waals surface area contributed by atoms with Crippen LogP contribution < -0.4 is 0 Å². The second-order valence-electron chi connectivity index (χ2n) is 22.5. The average Bonchev–Trinajstić information content (AvgIpc) is 2.57. The molecule has 0 saturated carbocycles. The van der Waals surface area contributed by atoms with E-state index in [0.717, 1.165) is 0 Å². The zero-order chi connectivity index (χ0) is 51.2. The van der Waals surface area contributed by atoms with E-state index < -0.39 is 29.0 Å². The van der Waals surface area contributed by atoms with Gasteiger partial charge in [-0.2, -0.15) is 0 Å². The van der Waals surface area contributed by atoms with E-state index in [4.69, 9.17) is 0 Å². The van der Waals surface area contributed by atoms with Crippen LogP contribution in [0.1, 0.15) is 187 Å². The molecule has 0 spiro atoms. The van der Waals surface area contributed by atoms with Gasteiger partial charge in [0.15, 0.2) is 0 Å². The molecule has 0 amide bonds. The minimum absolute atomic E-state index is 0.0162. The highest BCUT2D eigenvalue weighted by Gasteiger charge is 2.43. The Kier molecular flexibility index (Phi) is 31.5. The molecule has 59 heavy (non-hydrogen) atoms. The number of hydrogen-bond donors (Lipinski definition) is 0. The molecule has 0 radical (unpaired) electrons. The van der Waals surface area contributed by atoms with E-state index in [9.17, 15) is 69.1 Å². The normalized spacial score (nSPS) is 14.1. The molecule has 0 aromatic rings. The molecule has 0 atom stereocenters. The van der Waals surface area contributed by atoms with E-state index in [-0.39, 0.29) is 23.8 Å². The predicted octanol–water partition coefficient (Wildman–Crippen LogP) is 19.8. The summed E-state index contributed by atoms with van der Waals surface area (Å²) >= 11 is 0. The fraction of sp³-hybridized carbons (Fsp3) is 1.00. The second-order valence-corrected chi connectivity index (χ2v) is 36.6. The van der Waals surface area contributed by atoms with Gasteiger partial charge in [-0.1, -0.05) is 211 Å². The standard InChI is InChI=1S/3C12H27P.4BF4/c3*1-10(2,3)13(11(4,5)6)12(7,8)9;4*2-1(3,4)5/h3*1-9H3;;;;/q;;;4*-1. The van der Waals surface area contributed by atoms with E-state index in [0.29, 0.717) is 46.4 Å². The Morgan fingerprint density at radius 3 is 0.203 bits per heavy atom. The summed E-state index contributed by atoms with van der Waals surface area (Å²) in [5.74, 6) is 0. The maximum Gasteiger partial charge on any atom is 0.673 e. The van der Waals surface area contributed by atoms with Crippen LogP contribution in [0.15, 0.2) is 0 Å². The lowest BCUT2D eigenvalue weighted by Gasteiger charge is -2.49. The maximum atomic E-state index is 9.75. The van der Waals surface area contributed by atoms with Gasteiger partial charge in [0.05, 0.1) is 0 Å². The van der Waals surface area contributed by atoms with Crippen molar-refractivity contribution in [2.24, 2.45) is 0 Å². The Morgan fingerprint density at radius 2 is 0.203 bits per heavy atom. The van der Waals surface area contributed by atoms with Crippen molar-refractivity contribution in [2.75, 3.05) is 0 Å². The smallest absolute Gasteiger partial charge is 0.418 e. The number of halogens is 16. The lowest BCUT2D eigenvalue weighted by atomic mass is 10.2. The summed E-state index contributed by atoms with van der Waals surface area (Å²) in [5, 5.41) is 4.05. The summed E-state index contributed by atoms with van der Waals surface area (Å²) in [5.41, 5.74) is 0. The molecule has 23 heteroatoms. The highest BCUT2D eigenvalue weighted by molar-refractivity contribution is 7.63. The molecule has 0 aliphatic carbocycles. The first-order valence-electron chi connectivity index (χ1n) is 19.0. The number of hydrogen-bond acceptors (Lipinski definition) is 0. The van der Waals surface area contributed by atoms with Crippen LogP contribution in [0.3, 0.4) is 0 Å². The third-order valence-electron chi connectivity index (χ3n) is 6.04. The summed E-state index contributed by atoms with van der Waals surface area (Å²) in [4.78, 5) is 0. The van der Waals surface area contributed by atoms with Gasteiger partial charge in [0.2, 0.25) is 0 Å². The van der Waals surface area contributed by atoms with Crippen molar-refractivity contribution in [1.29, 1.82) is 0 Å². The predicted molar refractivity (Wildman–Crippen MR) is 239 cm³/mol. The van der Waals surface area contributed by atoms with Gasteiger partial charge in [-0.05, 0) is 46.4 Å². The van der Waals surface area contributed by atoms with Crippen LogP contribution in [-0.2, 0) is 0 Å². The van der Waals surface area contributed by atoms with E-state index in [1.165, 1.54) is 0 Å². The molecular formula is C36H81B4F16P3-4. The summed E-state index contributed by atoms with van der Waals surface area (Å²) in [7, 11) is -24.0. The second kappa shape index (κ2) is 25.2. The maximum absolute atomic E-state index is 9.75. The molecule has 0 bridgehead atoms. The first-order chi connectivity index (χ1) is 24.1. The van der Waals surface area contributed by atoms with Crippen LogP contribution in [0.2, 0.25) is 0 Å². The zero-order valence-corrected chi connectivity index (χ0v) is 43.9. The third kappa shape index (κ3) is 62.8. The molecule has 0 aromatic carbocycles. The van der Waals surface area contributed by atoms with Crippen LogP contribution in [0.5, 0.6) is 0 Å². The molecule has 0 fully saturated rings. The molecular weight excluding hydrogens is 873 g/mol. The molecule has 0 aliphatic rings. The molecule has 368 valence electrons. The van der Waals surface area contributed by atoms with Crippen molar-refractivity contribution < 1.29 is 69.1 Å². The van der Waals surface area contributed by atoms with Crippen LogP contribution in [0, 0.1) is 0 Å². The summed E-state index contributed by atoms with van der Waals surface area (Å²) in [6.07, 6.45) is 0. The van der Waals surface area contributed by atoms with E-state index in [1.54, 1.807) is 0 Å². The molecule has 0 N–H and O–H groups in total. The Morgan fingerprint density at radius 1 is 0.169 bits per heavy atom. The van der Waals surface area contributed by atoms with Crippen LogP contribution >= 0.6 is 23.8 Å². The molecule has 0 unspecified atom stereocenters. The van der Waals surface area contributed by atoms with Gasteiger partial charge in [0.1, 0.15) is 0 Å². The highest BCUT2D eigenvalue weighted by Crippen LogP contribution is 2.68. The van der Waals surface area contributed by atoms with Crippen molar-refractivity contribution in [3.63, 3.8) is 0 Å². The first kappa shape index (κ1) is 73.8. The Labute approximate surface area is 354 Å². The topological polar surface area (TPSA) is 0 Å². The quantitative estimate of drug-likeness (QED) is 0.129. The monoisotopic (exact) mass is 955 g/mol. The van der Waals surface area contributed by atoms with Gasteiger partial charge in [0.25, 0.3) is 0 Å². The van der Waals surface area contributed by atoms with E-state index in [1.807, 2.05) is 0 Å². The van der Waals surface area contributed by atoms with Crippen LogP contribution in [-0.4, -0.2) is 75.4 Å². The van der Waals surface area contributed by atoms with Gasteiger partial charge in [-0.15, -0.1) is 0 Å². The summed E-state index contributed by atoms with van der Waals surface area (Å²) < 4.78 is 156. The van der Waals surface area contributed by atoms with Gasteiger partial charge in [-0.25, -0.2) is 0 Å². The molecule has 0 heterocycles. The third-order valence-corrected chi connectivity index (χ3v) is 18.1.